The number of amides is 1. The molecule has 5 heteroatoms. The van der Waals surface area contributed by atoms with Crippen LogP contribution in [-0.4, -0.2) is 25.6 Å². The van der Waals surface area contributed by atoms with Gasteiger partial charge < -0.3 is 20.5 Å². The summed E-state index contributed by atoms with van der Waals surface area (Å²) in [6.45, 7) is 3.69. The van der Waals surface area contributed by atoms with E-state index in [4.69, 9.17) is 15.2 Å². The first-order valence-corrected chi connectivity index (χ1v) is 8.23. The molecule has 3 N–H and O–H groups in total. The van der Waals surface area contributed by atoms with Gasteiger partial charge in [-0.1, -0.05) is 24.3 Å². The Morgan fingerprint density at radius 1 is 1.00 bits per heavy atom. The summed E-state index contributed by atoms with van der Waals surface area (Å²) in [6, 6.07) is 14.6. The SMILES string of the molecule is CCOc1ccccc1Oc1ccccc1C(=O)NCCCCN. The first-order chi connectivity index (χ1) is 11.8. The molecule has 24 heavy (non-hydrogen) atoms. The predicted molar refractivity (Wildman–Crippen MR) is 94.7 cm³/mol. The maximum atomic E-state index is 12.4. The van der Waals surface area contributed by atoms with Gasteiger partial charge >= 0.3 is 0 Å². The summed E-state index contributed by atoms with van der Waals surface area (Å²) < 4.78 is 11.5. The molecular weight excluding hydrogens is 304 g/mol. The lowest BCUT2D eigenvalue weighted by atomic mass is 10.2. The van der Waals surface area contributed by atoms with Crippen LogP contribution in [0.4, 0.5) is 0 Å². The third-order valence-electron chi connectivity index (χ3n) is 3.42. The minimum atomic E-state index is -0.156. The van der Waals surface area contributed by atoms with Crippen LogP contribution in [-0.2, 0) is 0 Å². The van der Waals surface area contributed by atoms with E-state index < -0.39 is 0 Å². The van der Waals surface area contributed by atoms with E-state index in [9.17, 15) is 4.79 Å². The van der Waals surface area contributed by atoms with Crippen molar-refractivity contribution in [1.82, 2.24) is 5.32 Å². The lowest BCUT2D eigenvalue weighted by Gasteiger charge is -2.14. The van der Waals surface area contributed by atoms with Gasteiger partial charge in [0, 0.05) is 6.54 Å². The molecule has 5 nitrogen and oxygen atoms in total. The maximum Gasteiger partial charge on any atom is 0.255 e. The zero-order chi connectivity index (χ0) is 17.2. The molecule has 2 rings (SSSR count). The molecule has 0 spiro atoms. The Morgan fingerprint density at radius 3 is 2.38 bits per heavy atom. The maximum absolute atomic E-state index is 12.4. The Morgan fingerprint density at radius 2 is 1.67 bits per heavy atom. The third kappa shape index (κ3) is 4.99. The van der Waals surface area contributed by atoms with E-state index in [0.29, 0.717) is 42.5 Å². The second kappa shape index (κ2) is 9.57. The highest BCUT2D eigenvalue weighted by molar-refractivity contribution is 5.97. The average molecular weight is 328 g/mol. The Balaban J connectivity index is 2.13. The number of nitrogens with two attached hydrogens (primary N) is 1. The summed E-state index contributed by atoms with van der Waals surface area (Å²) in [5, 5.41) is 2.89. The summed E-state index contributed by atoms with van der Waals surface area (Å²) in [5.74, 6) is 1.58. The minimum Gasteiger partial charge on any atom is -0.490 e. The van der Waals surface area contributed by atoms with Crippen LogP contribution in [0.15, 0.2) is 48.5 Å². The zero-order valence-electron chi connectivity index (χ0n) is 14.0. The number of unbranched alkanes of at least 4 members (excludes halogenated alkanes) is 1. The van der Waals surface area contributed by atoms with Gasteiger partial charge in [-0.3, -0.25) is 4.79 Å². The number of hydrogen-bond acceptors (Lipinski definition) is 4. The van der Waals surface area contributed by atoms with Gasteiger partial charge in [-0.2, -0.15) is 0 Å². The molecule has 0 heterocycles. The number of carbonyl (C=O) groups excluding carboxylic acids is 1. The molecule has 0 saturated carbocycles. The van der Waals surface area contributed by atoms with Crippen LogP contribution < -0.4 is 20.5 Å². The molecule has 0 aliphatic heterocycles. The Hall–Kier alpha value is -2.53. The van der Waals surface area contributed by atoms with Crippen molar-refractivity contribution in [2.24, 2.45) is 5.73 Å². The number of benzene rings is 2. The molecule has 2 aromatic rings. The second-order valence-corrected chi connectivity index (χ2v) is 5.23. The molecule has 0 radical (unpaired) electrons. The average Bonchev–Trinajstić information content (AvgIpc) is 2.61. The molecule has 2 aromatic carbocycles. The van der Waals surface area contributed by atoms with Crippen LogP contribution >= 0.6 is 0 Å². The highest BCUT2D eigenvalue weighted by Gasteiger charge is 2.14. The van der Waals surface area contributed by atoms with Crippen LogP contribution in [0.3, 0.4) is 0 Å². The molecule has 0 fully saturated rings. The van der Waals surface area contributed by atoms with Crippen molar-refractivity contribution in [3.05, 3.63) is 54.1 Å². The van der Waals surface area contributed by atoms with Gasteiger partial charge in [0.05, 0.1) is 12.2 Å². The normalized spacial score (nSPS) is 10.2. The number of ether oxygens (including phenoxy) is 2. The van der Waals surface area contributed by atoms with Crippen molar-refractivity contribution in [3.8, 4) is 17.2 Å². The summed E-state index contributed by atoms with van der Waals surface area (Å²) in [5.41, 5.74) is 5.96. The van der Waals surface area contributed by atoms with E-state index in [1.807, 2.05) is 43.3 Å². The molecular formula is C19H24N2O3. The number of nitrogens with one attached hydrogen (secondary N) is 1. The molecule has 0 saturated heterocycles. The molecule has 0 aliphatic rings. The van der Waals surface area contributed by atoms with Crippen molar-refractivity contribution in [1.29, 1.82) is 0 Å². The summed E-state index contributed by atoms with van der Waals surface area (Å²) in [6.07, 6.45) is 1.75. The van der Waals surface area contributed by atoms with Crippen LogP contribution in [0, 0.1) is 0 Å². The predicted octanol–water partition coefficient (Wildman–Crippen LogP) is 3.35. The first kappa shape index (κ1) is 17.8. The fourth-order valence-corrected chi connectivity index (χ4v) is 2.24. The van der Waals surface area contributed by atoms with Crippen LogP contribution in [0.1, 0.15) is 30.1 Å². The molecule has 128 valence electrons. The van der Waals surface area contributed by atoms with Gasteiger partial charge in [-0.25, -0.2) is 0 Å². The van der Waals surface area contributed by atoms with Gasteiger partial charge in [0.2, 0.25) is 0 Å². The Bertz CT molecular complexity index is 659. The van der Waals surface area contributed by atoms with Gasteiger partial charge in [0.25, 0.3) is 5.91 Å². The van der Waals surface area contributed by atoms with E-state index in [-0.39, 0.29) is 5.91 Å². The van der Waals surface area contributed by atoms with Gasteiger partial charge in [0.15, 0.2) is 11.5 Å². The molecule has 0 unspecified atom stereocenters. The number of para-hydroxylation sites is 3. The molecule has 0 bridgehead atoms. The van der Waals surface area contributed by atoms with E-state index in [1.165, 1.54) is 0 Å². The van der Waals surface area contributed by atoms with Crippen LogP contribution in [0.5, 0.6) is 17.2 Å². The zero-order valence-corrected chi connectivity index (χ0v) is 14.0. The van der Waals surface area contributed by atoms with Gasteiger partial charge in [-0.15, -0.1) is 0 Å². The van der Waals surface area contributed by atoms with Gasteiger partial charge in [-0.05, 0) is 50.6 Å². The Labute approximate surface area is 142 Å². The van der Waals surface area contributed by atoms with E-state index in [0.717, 1.165) is 12.8 Å². The summed E-state index contributed by atoms with van der Waals surface area (Å²) in [7, 11) is 0. The molecule has 0 aromatic heterocycles. The van der Waals surface area contributed by atoms with Crippen molar-refractivity contribution in [2.75, 3.05) is 19.7 Å². The lowest BCUT2D eigenvalue weighted by Crippen LogP contribution is -2.25. The molecule has 1 amide bonds. The number of hydrogen-bond donors (Lipinski definition) is 2. The van der Waals surface area contributed by atoms with Gasteiger partial charge in [0.1, 0.15) is 5.75 Å². The van der Waals surface area contributed by atoms with E-state index in [2.05, 4.69) is 5.32 Å². The monoisotopic (exact) mass is 328 g/mol. The third-order valence-corrected chi connectivity index (χ3v) is 3.42. The minimum absolute atomic E-state index is 0.156. The van der Waals surface area contributed by atoms with Crippen molar-refractivity contribution < 1.29 is 14.3 Å². The standard InChI is InChI=1S/C19H24N2O3/c1-2-23-17-11-5-6-12-18(17)24-16-10-4-3-9-15(16)19(22)21-14-8-7-13-20/h3-6,9-12H,2,7-8,13-14,20H2,1H3,(H,21,22). The smallest absolute Gasteiger partial charge is 0.255 e. The van der Waals surface area contributed by atoms with Crippen molar-refractivity contribution >= 4 is 5.91 Å². The number of carbonyl (C=O) groups is 1. The van der Waals surface area contributed by atoms with Crippen molar-refractivity contribution in [2.45, 2.75) is 19.8 Å². The topological polar surface area (TPSA) is 73.6 Å². The van der Waals surface area contributed by atoms with E-state index >= 15 is 0 Å². The van der Waals surface area contributed by atoms with Crippen LogP contribution in [0.25, 0.3) is 0 Å². The summed E-state index contributed by atoms with van der Waals surface area (Å²) in [4.78, 5) is 12.4. The molecule has 0 aliphatic carbocycles. The Kier molecular flexibility index (Phi) is 7.11. The quantitative estimate of drug-likeness (QED) is 0.692. The van der Waals surface area contributed by atoms with Crippen LogP contribution in [0.2, 0.25) is 0 Å². The highest BCUT2D eigenvalue weighted by atomic mass is 16.5. The van der Waals surface area contributed by atoms with Crippen molar-refractivity contribution in [3.63, 3.8) is 0 Å². The highest BCUT2D eigenvalue weighted by Crippen LogP contribution is 2.32. The summed E-state index contributed by atoms with van der Waals surface area (Å²) >= 11 is 0. The molecule has 0 atom stereocenters. The fourth-order valence-electron chi connectivity index (χ4n) is 2.24. The number of rotatable bonds is 9. The first-order valence-electron chi connectivity index (χ1n) is 8.23. The second-order valence-electron chi connectivity index (χ2n) is 5.23. The fraction of sp³-hybridized carbons (Fsp3) is 0.316. The van der Waals surface area contributed by atoms with E-state index in [1.54, 1.807) is 12.1 Å². The largest absolute Gasteiger partial charge is 0.490 e. The lowest BCUT2D eigenvalue weighted by molar-refractivity contribution is 0.0950.